The molecule has 0 bridgehead atoms. The Morgan fingerprint density at radius 1 is 1.60 bits per heavy atom. The molecule has 2 heterocycles. The van der Waals surface area contributed by atoms with Crippen molar-refractivity contribution in [1.82, 2.24) is 19.6 Å². The van der Waals surface area contributed by atoms with Gasteiger partial charge in [0.05, 0.1) is 26.4 Å². The summed E-state index contributed by atoms with van der Waals surface area (Å²) in [6, 6.07) is 0.0520. The van der Waals surface area contributed by atoms with Gasteiger partial charge in [-0.3, -0.25) is 9.48 Å². The van der Waals surface area contributed by atoms with E-state index >= 15 is 0 Å². The highest BCUT2D eigenvalue weighted by molar-refractivity contribution is 5.96. The van der Waals surface area contributed by atoms with Crippen LogP contribution < -0.4 is 4.74 Å². The van der Waals surface area contributed by atoms with Crippen LogP contribution in [0.3, 0.4) is 0 Å². The van der Waals surface area contributed by atoms with Crippen molar-refractivity contribution in [2.24, 2.45) is 7.05 Å². The van der Waals surface area contributed by atoms with Gasteiger partial charge in [0.15, 0.2) is 0 Å². The van der Waals surface area contributed by atoms with Gasteiger partial charge in [0.25, 0.3) is 5.91 Å². The molecule has 1 aromatic heterocycles. The second kappa shape index (κ2) is 6.23. The van der Waals surface area contributed by atoms with Gasteiger partial charge in [-0.05, 0) is 14.1 Å². The van der Waals surface area contributed by atoms with E-state index in [4.69, 9.17) is 9.47 Å². The summed E-state index contributed by atoms with van der Waals surface area (Å²) in [5.74, 6) is 0.317. The van der Waals surface area contributed by atoms with Crippen molar-refractivity contribution in [2.45, 2.75) is 6.04 Å². The summed E-state index contributed by atoms with van der Waals surface area (Å²) in [7, 11) is 7.27. The lowest BCUT2D eigenvalue weighted by atomic mass is 10.1. The number of nitrogens with zero attached hydrogens (tertiary/aromatic N) is 4. The van der Waals surface area contributed by atoms with E-state index in [9.17, 15) is 4.79 Å². The fourth-order valence-corrected chi connectivity index (χ4v) is 2.42. The molecule has 20 heavy (non-hydrogen) atoms. The molecule has 1 saturated heterocycles. The molecule has 0 aromatic carbocycles. The van der Waals surface area contributed by atoms with E-state index in [2.05, 4.69) is 10.00 Å². The van der Waals surface area contributed by atoms with Gasteiger partial charge in [-0.2, -0.15) is 0 Å². The molecule has 0 saturated carbocycles. The van der Waals surface area contributed by atoms with Crippen molar-refractivity contribution in [3.63, 3.8) is 0 Å². The predicted molar refractivity (Wildman–Crippen MR) is 74.0 cm³/mol. The summed E-state index contributed by atoms with van der Waals surface area (Å²) >= 11 is 0. The van der Waals surface area contributed by atoms with E-state index in [1.54, 1.807) is 17.9 Å². The highest BCUT2D eigenvalue weighted by Crippen LogP contribution is 2.20. The summed E-state index contributed by atoms with van der Waals surface area (Å²) in [6.07, 6.45) is 1.70. The normalized spacial score (nSPS) is 19.4. The molecule has 1 atom stereocenters. The molecular formula is C13H22N4O3. The number of ether oxygens (including phenoxy) is 2. The Balaban J connectivity index is 2.20. The van der Waals surface area contributed by atoms with Crippen LogP contribution in [-0.2, 0) is 11.8 Å². The topological polar surface area (TPSA) is 59.8 Å². The van der Waals surface area contributed by atoms with Gasteiger partial charge >= 0.3 is 0 Å². The van der Waals surface area contributed by atoms with Crippen LogP contribution in [0.2, 0.25) is 0 Å². The van der Waals surface area contributed by atoms with Gasteiger partial charge < -0.3 is 19.3 Å². The molecule has 1 fully saturated rings. The Morgan fingerprint density at radius 3 is 3.00 bits per heavy atom. The zero-order valence-corrected chi connectivity index (χ0v) is 12.5. The third-order valence-corrected chi connectivity index (χ3v) is 3.28. The van der Waals surface area contributed by atoms with Crippen LogP contribution in [-0.4, -0.2) is 79.0 Å². The number of aryl methyl sites for hydroxylation is 1. The first-order chi connectivity index (χ1) is 9.52. The fourth-order valence-electron chi connectivity index (χ4n) is 2.42. The number of likely N-dealkylation sites (N-methyl/N-ethyl adjacent to an activating group) is 1. The van der Waals surface area contributed by atoms with Gasteiger partial charge in [0.2, 0.25) is 5.88 Å². The molecular weight excluding hydrogens is 260 g/mol. The first kappa shape index (κ1) is 14.8. The number of morpholine rings is 1. The molecule has 0 N–H and O–H groups in total. The Kier molecular flexibility index (Phi) is 4.61. The Morgan fingerprint density at radius 2 is 2.35 bits per heavy atom. The monoisotopic (exact) mass is 282 g/mol. The van der Waals surface area contributed by atoms with Crippen molar-refractivity contribution in [1.29, 1.82) is 0 Å². The fraction of sp³-hybridized carbons (Fsp3) is 0.692. The number of carbonyl (C=O) groups excluding carboxylic acids is 1. The number of hydrogen-bond donors (Lipinski definition) is 0. The van der Waals surface area contributed by atoms with Gasteiger partial charge in [-0.1, -0.05) is 0 Å². The third kappa shape index (κ3) is 3.10. The first-order valence-electron chi connectivity index (χ1n) is 6.64. The maximum Gasteiger partial charge on any atom is 0.261 e. The van der Waals surface area contributed by atoms with E-state index in [1.807, 2.05) is 19.0 Å². The molecule has 112 valence electrons. The number of amides is 1. The lowest BCUT2D eigenvalue weighted by molar-refractivity contribution is -0.00844. The average Bonchev–Trinajstić information content (AvgIpc) is 2.79. The summed E-state index contributed by atoms with van der Waals surface area (Å²) in [6.45, 7) is 2.49. The average molecular weight is 282 g/mol. The lowest BCUT2D eigenvalue weighted by Crippen LogP contribution is -2.52. The molecule has 1 aliphatic heterocycles. The molecule has 2 rings (SSSR count). The minimum Gasteiger partial charge on any atom is -0.479 e. The van der Waals surface area contributed by atoms with E-state index < -0.39 is 0 Å². The second-order valence-electron chi connectivity index (χ2n) is 5.22. The molecule has 1 amide bonds. The SMILES string of the molecule is COc1nn(C)cc1C(=O)N1CCOCC1CN(C)C. The number of rotatable bonds is 4. The largest absolute Gasteiger partial charge is 0.479 e. The maximum absolute atomic E-state index is 12.7. The number of aromatic nitrogens is 2. The van der Waals surface area contributed by atoms with Crippen molar-refractivity contribution in [3.8, 4) is 5.88 Å². The van der Waals surface area contributed by atoms with Gasteiger partial charge in [-0.15, -0.1) is 5.10 Å². The van der Waals surface area contributed by atoms with Crippen LogP contribution in [0.5, 0.6) is 5.88 Å². The maximum atomic E-state index is 12.7. The lowest BCUT2D eigenvalue weighted by Gasteiger charge is -2.36. The van der Waals surface area contributed by atoms with Crippen LogP contribution in [0.1, 0.15) is 10.4 Å². The smallest absolute Gasteiger partial charge is 0.261 e. The zero-order chi connectivity index (χ0) is 14.7. The summed E-state index contributed by atoms with van der Waals surface area (Å²) in [5.41, 5.74) is 0.501. The molecule has 1 aromatic rings. The van der Waals surface area contributed by atoms with E-state index in [0.717, 1.165) is 6.54 Å². The second-order valence-corrected chi connectivity index (χ2v) is 5.22. The van der Waals surface area contributed by atoms with Gasteiger partial charge in [-0.25, -0.2) is 0 Å². The van der Waals surface area contributed by atoms with Crippen molar-refractivity contribution < 1.29 is 14.3 Å². The van der Waals surface area contributed by atoms with Crippen LogP contribution in [0.4, 0.5) is 0 Å². The van der Waals surface area contributed by atoms with Crippen LogP contribution >= 0.6 is 0 Å². The standard InChI is InChI=1S/C13H22N4O3/c1-15(2)7-10-9-20-6-5-17(10)13(18)11-8-16(3)14-12(11)19-4/h8,10H,5-7,9H2,1-4H3. The van der Waals surface area contributed by atoms with Crippen molar-refractivity contribution in [2.75, 3.05) is 47.5 Å². The molecule has 0 radical (unpaired) electrons. The Labute approximate surface area is 119 Å². The minimum atomic E-state index is -0.0508. The molecule has 1 aliphatic rings. The molecule has 0 aliphatic carbocycles. The van der Waals surface area contributed by atoms with Crippen LogP contribution in [0.25, 0.3) is 0 Å². The minimum absolute atomic E-state index is 0.0508. The summed E-state index contributed by atoms with van der Waals surface area (Å²) in [5, 5.41) is 4.14. The number of carbonyl (C=O) groups is 1. The molecule has 0 spiro atoms. The molecule has 1 unspecified atom stereocenters. The predicted octanol–water partition coefficient (Wildman–Crippen LogP) is -0.169. The van der Waals surface area contributed by atoms with Gasteiger partial charge in [0, 0.05) is 26.3 Å². The highest BCUT2D eigenvalue weighted by atomic mass is 16.5. The number of hydrogen-bond acceptors (Lipinski definition) is 5. The van der Waals surface area contributed by atoms with Gasteiger partial charge in [0.1, 0.15) is 5.56 Å². The third-order valence-electron chi connectivity index (χ3n) is 3.28. The van der Waals surface area contributed by atoms with Crippen molar-refractivity contribution >= 4 is 5.91 Å². The Bertz CT molecular complexity index is 472. The highest BCUT2D eigenvalue weighted by Gasteiger charge is 2.31. The molecule has 7 nitrogen and oxygen atoms in total. The van der Waals surface area contributed by atoms with Crippen LogP contribution in [0, 0.1) is 0 Å². The molecule has 7 heteroatoms. The van der Waals surface area contributed by atoms with Crippen molar-refractivity contribution in [3.05, 3.63) is 11.8 Å². The van der Waals surface area contributed by atoms with E-state index in [-0.39, 0.29) is 11.9 Å². The summed E-state index contributed by atoms with van der Waals surface area (Å²) in [4.78, 5) is 16.6. The first-order valence-corrected chi connectivity index (χ1v) is 6.64. The zero-order valence-electron chi connectivity index (χ0n) is 12.5. The van der Waals surface area contributed by atoms with E-state index in [0.29, 0.717) is 31.2 Å². The van der Waals surface area contributed by atoms with E-state index in [1.165, 1.54) is 7.11 Å². The summed E-state index contributed by atoms with van der Waals surface area (Å²) < 4.78 is 12.3. The van der Waals surface area contributed by atoms with Crippen LogP contribution in [0.15, 0.2) is 6.20 Å². The quantitative estimate of drug-likeness (QED) is 0.767. The number of methoxy groups -OCH3 is 1. The Hall–Kier alpha value is -1.60.